The predicted octanol–water partition coefficient (Wildman–Crippen LogP) is 1.13. The molecule has 0 atom stereocenters. The molecule has 1 aromatic rings. The number of rotatable bonds is 2. The summed E-state index contributed by atoms with van der Waals surface area (Å²) in [6, 6.07) is 6.66. The Hall–Kier alpha value is -1.33. The minimum atomic E-state index is -4.06. The number of nitrogen functional groups attached to an aromatic ring is 1. The number of nitrogens with two attached hydrogens (primary N) is 1. The quantitative estimate of drug-likeness (QED) is 0.552. The van der Waals surface area contributed by atoms with Crippen molar-refractivity contribution >= 4 is 21.9 Å². The molecule has 3 N–H and O–H groups in total. The zero-order chi connectivity index (χ0) is 9.90. The normalized spacial score (nSPS) is 12.1. The maximum atomic E-state index is 10.3. The molecule has 0 amide bonds. The van der Waals surface area contributed by atoms with Gasteiger partial charge in [-0.25, -0.2) is 0 Å². The van der Waals surface area contributed by atoms with E-state index in [0.717, 1.165) is 0 Å². The topological polar surface area (TPSA) is 80.4 Å². The van der Waals surface area contributed by atoms with Gasteiger partial charge in [0.1, 0.15) is 0 Å². The molecule has 5 heteroatoms. The molecule has 1 rings (SSSR count). The SMILES string of the molecule is Nc1cccc(/C=C/S(=O)(=O)O)c1. The van der Waals surface area contributed by atoms with E-state index in [1.165, 1.54) is 6.08 Å². The summed E-state index contributed by atoms with van der Waals surface area (Å²) in [5, 5.41) is 0.710. The van der Waals surface area contributed by atoms with Gasteiger partial charge in [0.05, 0.1) is 5.41 Å². The molecule has 0 spiro atoms. The highest BCUT2D eigenvalue weighted by Crippen LogP contribution is 2.08. The van der Waals surface area contributed by atoms with E-state index < -0.39 is 10.1 Å². The second-order valence-corrected chi connectivity index (χ2v) is 3.79. The first-order valence-electron chi connectivity index (χ1n) is 3.48. The molecule has 0 aliphatic rings. The Labute approximate surface area is 76.4 Å². The van der Waals surface area contributed by atoms with Crippen LogP contribution in [0.4, 0.5) is 5.69 Å². The molecule has 0 radical (unpaired) electrons. The lowest BCUT2D eigenvalue weighted by molar-refractivity contribution is 0.494. The minimum absolute atomic E-state index is 0.539. The summed E-state index contributed by atoms with van der Waals surface area (Å²) in [6.07, 6.45) is 1.27. The van der Waals surface area contributed by atoms with E-state index >= 15 is 0 Å². The molecule has 13 heavy (non-hydrogen) atoms. The van der Waals surface area contributed by atoms with Gasteiger partial charge in [-0.1, -0.05) is 12.1 Å². The van der Waals surface area contributed by atoms with Gasteiger partial charge in [0.2, 0.25) is 0 Å². The summed E-state index contributed by atoms with van der Waals surface area (Å²) in [5.74, 6) is 0. The molecule has 4 nitrogen and oxygen atoms in total. The molecule has 0 fully saturated rings. The fraction of sp³-hybridized carbons (Fsp3) is 0. The van der Waals surface area contributed by atoms with E-state index in [-0.39, 0.29) is 0 Å². The zero-order valence-electron chi connectivity index (χ0n) is 6.71. The first kappa shape index (κ1) is 9.76. The first-order chi connectivity index (χ1) is 5.97. The smallest absolute Gasteiger partial charge is 0.287 e. The molecular weight excluding hydrogens is 190 g/mol. The van der Waals surface area contributed by atoms with Crippen LogP contribution in [0.2, 0.25) is 0 Å². The van der Waals surface area contributed by atoms with Crippen molar-refractivity contribution in [3.8, 4) is 0 Å². The average Bonchev–Trinajstić information content (AvgIpc) is 2.00. The van der Waals surface area contributed by atoms with Gasteiger partial charge in [0.25, 0.3) is 10.1 Å². The lowest BCUT2D eigenvalue weighted by Crippen LogP contribution is -1.89. The van der Waals surface area contributed by atoms with Crippen molar-refractivity contribution < 1.29 is 13.0 Å². The van der Waals surface area contributed by atoms with Crippen LogP contribution in [0.5, 0.6) is 0 Å². The van der Waals surface area contributed by atoms with Crippen LogP contribution in [0.1, 0.15) is 5.56 Å². The van der Waals surface area contributed by atoms with Crippen LogP contribution in [-0.2, 0) is 10.1 Å². The number of hydrogen-bond donors (Lipinski definition) is 2. The van der Waals surface area contributed by atoms with Gasteiger partial charge in [-0.05, 0) is 23.8 Å². The van der Waals surface area contributed by atoms with E-state index in [9.17, 15) is 8.42 Å². The van der Waals surface area contributed by atoms with E-state index in [1.807, 2.05) is 0 Å². The van der Waals surface area contributed by atoms with Crippen molar-refractivity contribution in [1.82, 2.24) is 0 Å². The standard InChI is InChI=1S/C8H9NO3S/c9-8-3-1-2-7(6-8)4-5-13(10,11)12/h1-6H,9H2,(H,10,11,12)/b5-4+. The highest BCUT2D eigenvalue weighted by Gasteiger charge is 1.95. The van der Waals surface area contributed by atoms with Gasteiger partial charge in [0.15, 0.2) is 0 Å². The molecule has 0 aromatic heterocycles. The highest BCUT2D eigenvalue weighted by molar-refractivity contribution is 7.88. The first-order valence-corrected chi connectivity index (χ1v) is 4.99. The van der Waals surface area contributed by atoms with Gasteiger partial charge in [-0.3, -0.25) is 4.55 Å². The maximum Gasteiger partial charge on any atom is 0.287 e. The average molecular weight is 199 g/mol. The Kier molecular flexibility index (Phi) is 2.69. The Morgan fingerprint density at radius 3 is 2.62 bits per heavy atom. The van der Waals surface area contributed by atoms with Crippen molar-refractivity contribution in [2.75, 3.05) is 5.73 Å². The zero-order valence-corrected chi connectivity index (χ0v) is 7.53. The van der Waals surface area contributed by atoms with Crippen molar-refractivity contribution in [3.05, 3.63) is 35.2 Å². The van der Waals surface area contributed by atoms with E-state index in [2.05, 4.69) is 0 Å². The van der Waals surface area contributed by atoms with E-state index in [4.69, 9.17) is 10.3 Å². The third-order valence-corrected chi connectivity index (χ3v) is 1.82. The summed E-state index contributed by atoms with van der Waals surface area (Å²) in [5.41, 5.74) is 6.61. The molecule has 0 heterocycles. The summed E-state index contributed by atoms with van der Waals surface area (Å²) >= 11 is 0. The van der Waals surface area contributed by atoms with Crippen LogP contribution >= 0.6 is 0 Å². The molecule has 1 aromatic carbocycles. The fourth-order valence-corrected chi connectivity index (χ4v) is 1.16. The largest absolute Gasteiger partial charge is 0.399 e. The molecule has 0 unspecified atom stereocenters. The second kappa shape index (κ2) is 3.59. The Morgan fingerprint density at radius 2 is 2.08 bits per heavy atom. The summed E-state index contributed by atoms with van der Waals surface area (Å²) < 4.78 is 29.1. The second-order valence-electron chi connectivity index (χ2n) is 2.49. The third-order valence-electron chi connectivity index (χ3n) is 1.34. The van der Waals surface area contributed by atoms with Crippen LogP contribution in [0.15, 0.2) is 29.7 Å². The molecule has 0 aliphatic carbocycles. The summed E-state index contributed by atoms with van der Waals surface area (Å²) in [7, 11) is -4.06. The predicted molar refractivity (Wildman–Crippen MR) is 51.4 cm³/mol. The lowest BCUT2D eigenvalue weighted by Gasteiger charge is -1.94. The van der Waals surface area contributed by atoms with Crippen LogP contribution in [0, 0.1) is 0 Å². The minimum Gasteiger partial charge on any atom is -0.399 e. The van der Waals surface area contributed by atoms with Crippen LogP contribution in [0.25, 0.3) is 6.08 Å². The highest BCUT2D eigenvalue weighted by atomic mass is 32.2. The Balaban J connectivity index is 2.93. The molecule has 70 valence electrons. The maximum absolute atomic E-state index is 10.3. The van der Waals surface area contributed by atoms with Gasteiger partial charge in [-0.2, -0.15) is 8.42 Å². The van der Waals surface area contributed by atoms with Crippen LogP contribution in [-0.4, -0.2) is 13.0 Å². The monoisotopic (exact) mass is 199 g/mol. The van der Waals surface area contributed by atoms with Gasteiger partial charge in [0, 0.05) is 5.69 Å². The van der Waals surface area contributed by atoms with Gasteiger partial charge < -0.3 is 5.73 Å². The van der Waals surface area contributed by atoms with Crippen molar-refractivity contribution in [2.45, 2.75) is 0 Å². The molecule has 0 bridgehead atoms. The van der Waals surface area contributed by atoms with E-state index in [0.29, 0.717) is 16.7 Å². The Morgan fingerprint density at radius 1 is 1.38 bits per heavy atom. The molecule has 0 saturated heterocycles. The van der Waals surface area contributed by atoms with Crippen molar-refractivity contribution in [3.63, 3.8) is 0 Å². The summed E-state index contributed by atoms with van der Waals surface area (Å²) in [6.45, 7) is 0. The van der Waals surface area contributed by atoms with Crippen LogP contribution < -0.4 is 5.73 Å². The van der Waals surface area contributed by atoms with Crippen molar-refractivity contribution in [2.24, 2.45) is 0 Å². The number of anilines is 1. The molecule has 0 saturated carbocycles. The van der Waals surface area contributed by atoms with Crippen molar-refractivity contribution in [1.29, 1.82) is 0 Å². The molecular formula is C8H9NO3S. The van der Waals surface area contributed by atoms with Gasteiger partial charge in [-0.15, -0.1) is 0 Å². The van der Waals surface area contributed by atoms with Gasteiger partial charge >= 0.3 is 0 Å². The van der Waals surface area contributed by atoms with E-state index in [1.54, 1.807) is 24.3 Å². The summed E-state index contributed by atoms with van der Waals surface area (Å²) in [4.78, 5) is 0. The molecule has 0 aliphatic heterocycles. The number of benzene rings is 1. The lowest BCUT2D eigenvalue weighted by atomic mass is 10.2. The van der Waals surface area contributed by atoms with Crippen LogP contribution in [0.3, 0.4) is 0 Å². The Bertz CT molecular complexity index is 423. The fourth-order valence-electron chi connectivity index (χ4n) is 0.827. The third kappa shape index (κ3) is 3.73. The number of hydrogen-bond acceptors (Lipinski definition) is 3.